The van der Waals surface area contributed by atoms with Crippen LogP contribution in [-0.2, 0) is 0 Å². The van der Waals surface area contributed by atoms with Gasteiger partial charge in [0.1, 0.15) is 0 Å². The number of aromatic nitrogens is 4. The summed E-state index contributed by atoms with van der Waals surface area (Å²) in [5.74, 6) is -0.274. The number of rotatable bonds is 1. The number of hydrogen-bond acceptors (Lipinski definition) is 4. The minimum atomic E-state index is -0.563. The van der Waals surface area contributed by atoms with E-state index in [9.17, 15) is 4.39 Å². The number of nitrogen functional groups attached to an aromatic ring is 1. The Morgan fingerprint density at radius 2 is 2.31 bits per heavy atom. The molecular formula is C7H6FN5. The molecule has 0 aliphatic rings. The average molecular weight is 179 g/mol. The van der Waals surface area contributed by atoms with E-state index < -0.39 is 5.95 Å². The van der Waals surface area contributed by atoms with Gasteiger partial charge in [0, 0.05) is 12.3 Å². The highest BCUT2D eigenvalue weighted by Crippen LogP contribution is 2.06. The molecule has 0 fully saturated rings. The molecule has 0 aliphatic heterocycles. The zero-order valence-corrected chi connectivity index (χ0v) is 6.55. The third kappa shape index (κ3) is 1.46. The standard InChI is InChI=1S/C7H6FN5/c8-6-3-5(1-2-10-6)13-4-7(9)11-12-13/h1-4H,9H2. The van der Waals surface area contributed by atoms with Crippen LogP contribution in [0.15, 0.2) is 24.5 Å². The minimum Gasteiger partial charge on any atom is -0.381 e. The highest BCUT2D eigenvalue weighted by Gasteiger charge is 2.00. The highest BCUT2D eigenvalue weighted by atomic mass is 19.1. The molecule has 2 rings (SSSR count). The van der Waals surface area contributed by atoms with Gasteiger partial charge in [0.25, 0.3) is 0 Å². The Bertz CT molecular complexity index is 424. The molecule has 5 nitrogen and oxygen atoms in total. The molecular weight excluding hydrogens is 173 g/mol. The largest absolute Gasteiger partial charge is 0.381 e. The van der Waals surface area contributed by atoms with Crippen molar-refractivity contribution in [2.75, 3.05) is 5.73 Å². The Balaban J connectivity index is 2.46. The van der Waals surface area contributed by atoms with Crippen LogP contribution in [0.25, 0.3) is 5.69 Å². The van der Waals surface area contributed by atoms with Crippen LogP contribution >= 0.6 is 0 Å². The smallest absolute Gasteiger partial charge is 0.214 e. The molecule has 6 heteroatoms. The van der Waals surface area contributed by atoms with Gasteiger partial charge >= 0.3 is 0 Å². The second-order valence-corrected chi connectivity index (χ2v) is 2.42. The normalized spacial score (nSPS) is 10.2. The van der Waals surface area contributed by atoms with Gasteiger partial charge in [0.2, 0.25) is 5.95 Å². The van der Waals surface area contributed by atoms with E-state index in [1.54, 1.807) is 6.07 Å². The zero-order chi connectivity index (χ0) is 9.26. The van der Waals surface area contributed by atoms with Gasteiger partial charge in [-0.1, -0.05) is 5.21 Å². The molecule has 66 valence electrons. The first kappa shape index (κ1) is 7.66. The summed E-state index contributed by atoms with van der Waals surface area (Å²) in [5, 5.41) is 7.24. The van der Waals surface area contributed by atoms with Gasteiger partial charge in [0.15, 0.2) is 5.82 Å². The van der Waals surface area contributed by atoms with E-state index in [2.05, 4.69) is 15.3 Å². The predicted octanol–water partition coefficient (Wildman–Crippen LogP) is 0.384. The summed E-state index contributed by atoms with van der Waals surface area (Å²) in [7, 11) is 0. The third-order valence-electron chi connectivity index (χ3n) is 1.49. The van der Waals surface area contributed by atoms with Gasteiger partial charge in [-0.3, -0.25) is 0 Å². The molecule has 0 amide bonds. The Kier molecular flexibility index (Phi) is 1.66. The summed E-state index contributed by atoms with van der Waals surface area (Å²) >= 11 is 0. The van der Waals surface area contributed by atoms with Crippen LogP contribution in [0.1, 0.15) is 0 Å². The van der Waals surface area contributed by atoms with Gasteiger partial charge in [-0.25, -0.2) is 9.67 Å². The van der Waals surface area contributed by atoms with Crippen LogP contribution in [0.5, 0.6) is 0 Å². The van der Waals surface area contributed by atoms with E-state index in [0.717, 1.165) is 0 Å². The van der Waals surface area contributed by atoms with Crippen molar-refractivity contribution in [1.29, 1.82) is 0 Å². The molecule has 2 N–H and O–H groups in total. The van der Waals surface area contributed by atoms with E-state index in [4.69, 9.17) is 5.73 Å². The maximum absolute atomic E-state index is 12.7. The Labute approximate surface area is 73.0 Å². The SMILES string of the molecule is Nc1cn(-c2ccnc(F)c2)nn1. The Hall–Kier alpha value is -1.98. The van der Waals surface area contributed by atoms with Gasteiger partial charge in [-0.2, -0.15) is 4.39 Å². The molecule has 0 saturated heterocycles. The van der Waals surface area contributed by atoms with Crippen LogP contribution in [0, 0.1) is 5.95 Å². The summed E-state index contributed by atoms with van der Waals surface area (Å²) in [6, 6.07) is 2.85. The van der Waals surface area contributed by atoms with Crippen LogP contribution in [0.2, 0.25) is 0 Å². The molecule has 0 unspecified atom stereocenters. The van der Waals surface area contributed by atoms with Crippen molar-refractivity contribution in [3.05, 3.63) is 30.5 Å². The van der Waals surface area contributed by atoms with Crippen molar-refractivity contribution in [1.82, 2.24) is 20.0 Å². The number of hydrogen-bond donors (Lipinski definition) is 1. The molecule has 0 aromatic carbocycles. The van der Waals surface area contributed by atoms with E-state index in [1.807, 2.05) is 0 Å². The number of nitrogens with two attached hydrogens (primary N) is 1. The van der Waals surface area contributed by atoms with E-state index >= 15 is 0 Å². The molecule has 0 atom stereocenters. The quantitative estimate of drug-likeness (QED) is 0.642. The monoisotopic (exact) mass is 179 g/mol. The number of nitrogens with zero attached hydrogens (tertiary/aromatic N) is 4. The fourth-order valence-corrected chi connectivity index (χ4v) is 0.938. The fraction of sp³-hybridized carbons (Fsp3) is 0. The molecule has 0 aliphatic carbocycles. The molecule has 0 bridgehead atoms. The predicted molar refractivity (Wildman–Crippen MR) is 43.5 cm³/mol. The van der Waals surface area contributed by atoms with Crippen molar-refractivity contribution in [3.63, 3.8) is 0 Å². The highest BCUT2D eigenvalue weighted by molar-refractivity contribution is 5.32. The first-order valence-corrected chi connectivity index (χ1v) is 3.55. The second-order valence-electron chi connectivity index (χ2n) is 2.42. The van der Waals surface area contributed by atoms with Crippen LogP contribution < -0.4 is 5.73 Å². The van der Waals surface area contributed by atoms with Gasteiger partial charge in [-0.15, -0.1) is 5.10 Å². The van der Waals surface area contributed by atoms with Crippen molar-refractivity contribution >= 4 is 5.82 Å². The van der Waals surface area contributed by atoms with Crippen molar-refractivity contribution in [3.8, 4) is 5.69 Å². The number of pyridine rings is 1. The third-order valence-corrected chi connectivity index (χ3v) is 1.49. The lowest BCUT2D eigenvalue weighted by Crippen LogP contribution is -1.96. The first-order valence-electron chi connectivity index (χ1n) is 3.55. The van der Waals surface area contributed by atoms with Crippen molar-refractivity contribution in [2.45, 2.75) is 0 Å². The first-order chi connectivity index (χ1) is 6.25. The van der Waals surface area contributed by atoms with Crippen LogP contribution in [-0.4, -0.2) is 20.0 Å². The maximum Gasteiger partial charge on any atom is 0.214 e. The topological polar surface area (TPSA) is 69.6 Å². The van der Waals surface area contributed by atoms with Crippen molar-refractivity contribution in [2.24, 2.45) is 0 Å². The van der Waals surface area contributed by atoms with Crippen LogP contribution in [0.4, 0.5) is 10.2 Å². The van der Waals surface area contributed by atoms with Gasteiger partial charge < -0.3 is 5.73 Å². The summed E-state index contributed by atoms with van der Waals surface area (Å²) in [6.45, 7) is 0. The summed E-state index contributed by atoms with van der Waals surface area (Å²) in [5.41, 5.74) is 5.89. The maximum atomic E-state index is 12.7. The molecule has 0 spiro atoms. The second kappa shape index (κ2) is 2.81. The summed E-state index contributed by atoms with van der Waals surface area (Å²) in [6.07, 6.45) is 2.84. The van der Waals surface area contributed by atoms with E-state index in [1.165, 1.54) is 23.1 Å². The summed E-state index contributed by atoms with van der Waals surface area (Å²) in [4.78, 5) is 3.41. The molecule has 0 radical (unpaired) electrons. The molecule has 13 heavy (non-hydrogen) atoms. The van der Waals surface area contributed by atoms with Crippen molar-refractivity contribution < 1.29 is 4.39 Å². The van der Waals surface area contributed by atoms with E-state index in [0.29, 0.717) is 5.69 Å². The summed E-state index contributed by atoms with van der Waals surface area (Å²) < 4.78 is 14.0. The molecule has 2 aromatic rings. The Morgan fingerprint density at radius 1 is 1.46 bits per heavy atom. The average Bonchev–Trinajstić information content (AvgIpc) is 2.52. The van der Waals surface area contributed by atoms with Crippen LogP contribution in [0.3, 0.4) is 0 Å². The lowest BCUT2D eigenvalue weighted by atomic mass is 10.4. The minimum absolute atomic E-state index is 0.289. The lowest BCUT2D eigenvalue weighted by Gasteiger charge is -1.97. The van der Waals surface area contributed by atoms with Gasteiger partial charge in [0.05, 0.1) is 11.9 Å². The molecule has 2 aromatic heterocycles. The number of anilines is 1. The lowest BCUT2D eigenvalue weighted by molar-refractivity contribution is 0.581. The van der Waals surface area contributed by atoms with Gasteiger partial charge in [-0.05, 0) is 6.07 Å². The Morgan fingerprint density at radius 3 is 2.92 bits per heavy atom. The molecule has 0 saturated carbocycles. The number of halogens is 1. The zero-order valence-electron chi connectivity index (χ0n) is 6.55. The fourth-order valence-electron chi connectivity index (χ4n) is 0.938. The van der Waals surface area contributed by atoms with E-state index in [-0.39, 0.29) is 5.82 Å². The molecule has 2 heterocycles.